The minimum atomic E-state index is -0.303. The molecule has 2 N–H and O–H groups in total. The average Bonchev–Trinajstić information content (AvgIpc) is 3.18. The maximum Gasteiger partial charge on any atom is 0.274 e. The standard InChI is InChI=1S/C22H17FN4O/c1-27-13-19(17-9-11-25-21(17)22(27)28)18-12-14(8-10-24)2-7-20(18)26-16-5-3-15(23)4-6-16/h2-7,9,11-13,25-26H,8H2,1H3. The van der Waals surface area contributed by atoms with E-state index >= 15 is 0 Å². The Bertz CT molecular complexity index is 1260. The summed E-state index contributed by atoms with van der Waals surface area (Å²) in [6.07, 6.45) is 3.81. The van der Waals surface area contributed by atoms with E-state index in [9.17, 15) is 9.18 Å². The van der Waals surface area contributed by atoms with Crippen molar-refractivity contribution < 1.29 is 4.39 Å². The zero-order valence-corrected chi connectivity index (χ0v) is 15.2. The molecule has 2 heterocycles. The number of nitrogens with zero attached hydrogens (tertiary/aromatic N) is 2. The van der Waals surface area contributed by atoms with Crippen molar-refractivity contribution in [3.63, 3.8) is 0 Å². The van der Waals surface area contributed by atoms with Gasteiger partial charge in [0.25, 0.3) is 5.56 Å². The number of pyridine rings is 1. The lowest BCUT2D eigenvalue weighted by atomic mass is 9.98. The minimum Gasteiger partial charge on any atom is -0.357 e. The smallest absolute Gasteiger partial charge is 0.274 e. The predicted octanol–water partition coefficient (Wildman–Crippen LogP) is 4.48. The van der Waals surface area contributed by atoms with Crippen molar-refractivity contribution in [2.45, 2.75) is 6.42 Å². The Hall–Kier alpha value is -3.85. The highest BCUT2D eigenvalue weighted by Crippen LogP contribution is 2.35. The van der Waals surface area contributed by atoms with Gasteiger partial charge in [0.05, 0.1) is 12.5 Å². The predicted molar refractivity (Wildman–Crippen MR) is 108 cm³/mol. The summed E-state index contributed by atoms with van der Waals surface area (Å²) in [6.45, 7) is 0. The molecular formula is C22H17FN4O. The number of hydrogen-bond donors (Lipinski definition) is 2. The van der Waals surface area contributed by atoms with Crippen molar-refractivity contribution >= 4 is 22.3 Å². The second-order valence-electron chi connectivity index (χ2n) is 6.57. The van der Waals surface area contributed by atoms with Crippen molar-refractivity contribution in [2.24, 2.45) is 7.05 Å². The van der Waals surface area contributed by atoms with Crippen molar-refractivity contribution in [3.05, 3.63) is 82.7 Å². The van der Waals surface area contributed by atoms with Gasteiger partial charge in [-0.3, -0.25) is 4.79 Å². The second-order valence-corrected chi connectivity index (χ2v) is 6.57. The molecule has 0 fully saturated rings. The fourth-order valence-corrected chi connectivity index (χ4v) is 3.30. The van der Waals surface area contributed by atoms with Crippen LogP contribution < -0.4 is 10.9 Å². The Morgan fingerprint density at radius 2 is 1.93 bits per heavy atom. The van der Waals surface area contributed by atoms with Crippen LogP contribution in [0.2, 0.25) is 0 Å². The zero-order valence-electron chi connectivity index (χ0n) is 15.2. The number of anilines is 2. The Morgan fingerprint density at radius 3 is 2.68 bits per heavy atom. The number of nitriles is 1. The van der Waals surface area contributed by atoms with Gasteiger partial charge in [-0.15, -0.1) is 0 Å². The SMILES string of the molecule is Cn1cc(-c2cc(CC#N)ccc2Nc2ccc(F)cc2)c2cc[nH]c2c1=O. The number of aromatic amines is 1. The molecule has 0 bridgehead atoms. The van der Waals surface area contributed by atoms with Crippen LogP contribution >= 0.6 is 0 Å². The van der Waals surface area contributed by atoms with Gasteiger partial charge >= 0.3 is 0 Å². The Balaban J connectivity index is 1.92. The van der Waals surface area contributed by atoms with Gasteiger partial charge in [-0.25, -0.2) is 4.39 Å². The molecule has 0 atom stereocenters. The third-order valence-corrected chi connectivity index (χ3v) is 4.67. The fraction of sp³-hybridized carbons (Fsp3) is 0.0909. The van der Waals surface area contributed by atoms with E-state index in [1.54, 1.807) is 31.6 Å². The molecule has 0 aliphatic carbocycles. The van der Waals surface area contributed by atoms with Gasteiger partial charge < -0.3 is 14.9 Å². The van der Waals surface area contributed by atoms with Crippen LogP contribution in [0, 0.1) is 17.1 Å². The summed E-state index contributed by atoms with van der Waals surface area (Å²) in [4.78, 5) is 15.4. The average molecular weight is 372 g/mol. The molecule has 0 saturated heterocycles. The monoisotopic (exact) mass is 372 g/mol. The Kier molecular flexibility index (Phi) is 4.42. The highest BCUT2D eigenvalue weighted by molar-refractivity contribution is 5.98. The topological polar surface area (TPSA) is 73.6 Å². The summed E-state index contributed by atoms with van der Waals surface area (Å²) in [5.74, 6) is -0.303. The molecule has 0 unspecified atom stereocenters. The molecule has 0 aliphatic heterocycles. The van der Waals surface area contributed by atoms with Gasteiger partial charge in [0, 0.05) is 47.3 Å². The minimum absolute atomic E-state index is 0.107. The maximum atomic E-state index is 13.2. The molecule has 0 spiro atoms. The van der Waals surface area contributed by atoms with Crippen LogP contribution in [0.15, 0.2) is 65.7 Å². The molecule has 2 aromatic carbocycles. The first-order valence-electron chi connectivity index (χ1n) is 8.76. The summed E-state index contributed by atoms with van der Waals surface area (Å²) in [6, 6.07) is 15.9. The molecule has 138 valence electrons. The van der Waals surface area contributed by atoms with Crippen LogP contribution in [-0.2, 0) is 13.5 Å². The number of fused-ring (bicyclic) bond motifs is 1. The summed E-state index contributed by atoms with van der Waals surface area (Å²) < 4.78 is 14.8. The lowest BCUT2D eigenvalue weighted by molar-refractivity contribution is 0.628. The quantitative estimate of drug-likeness (QED) is 0.555. The number of H-pyrrole nitrogens is 1. The van der Waals surface area contributed by atoms with E-state index in [4.69, 9.17) is 5.26 Å². The number of rotatable bonds is 4. The number of aromatic nitrogens is 2. The maximum absolute atomic E-state index is 13.2. The van der Waals surface area contributed by atoms with E-state index < -0.39 is 0 Å². The summed E-state index contributed by atoms with van der Waals surface area (Å²) in [7, 11) is 1.71. The number of halogens is 1. The normalized spacial score (nSPS) is 10.8. The van der Waals surface area contributed by atoms with Crippen LogP contribution in [0.25, 0.3) is 22.0 Å². The first-order chi connectivity index (χ1) is 13.6. The second kappa shape index (κ2) is 7.05. The van der Waals surface area contributed by atoms with Crippen LogP contribution in [0.3, 0.4) is 0 Å². The molecule has 5 nitrogen and oxygen atoms in total. The zero-order chi connectivity index (χ0) is 19.7. The highest BCUT2D eigenvalue weighted by atomic mass is 19.1. The van der Waals surface area contributed by atoms with E-state index in [1.807, 2.05) is 24.3 Å². The molecular weight excluding hydrogens is 355 g/mol. The molecule has 0 aliphatic rings. The number of nitrogens with one attached hydrogen (secondary N) is 2. The molecule has 0 radical (unpaired) electrons. The van der Waals surface area contributed by atoms with Gasteiger partial charge in [0.15, 0.2) is 0 Å². The van der Waals surface area contributed by atoms with Gasteiger partial charge in [-0.2, -0.15) is 5.26 Å². The molecule has 28 heavy (non-hydrogen) atoms. The van der Waals surface area contributed by atoms with Gasteiger partial charge in [0.1, 0.15) is 11.3 Å². The number of benzene rings is 2. The Labute approximate surface area is 160 Å². The number of aryl methyl sites for hydroxylation is 1. The Morgan fingerprint density at radius 1 is 1.14 bits per heavy atom. The largest absolute Gasteiger partial charge is 0.357 e. The highest BCUT2D eigenvalue weighted by Gasteiger charge is 2.14. The molecule has 4 rings (SSSR count). The molecule has 4 aromatic rings. The molecule has 0 amide bonds. The van der Waals surface area contributed by atoms with Crippen LogP contribution in [0.5, 0.6) is 0 Å². The van der Waals surface area contributed by atoms with Gasteiger partial charge in [-0.05, 0) is 48.0 Å². The summed E-state index contributed by atoms with van der Waals surface area (Å²) >= 11 is 0. The third-order valence-electron chi connectivity index (χ3n) is 4.67. The van der Waals surface area contributed by atoms with Crippen LogP contribution in [0.4, 0.5) is 15.8 Å². The number of hydrogen-bond acceptors (Lipinski definition) is 3. The third kappa shape index (κ3) is 3.14. The van der Waals surface area contributed by atoms with Gasteiger partial charge in [0.2, 0.25) is 0 Å². The van der Waals surface area contributed by atoms with Crippen molar-refractivity contribution in [3.8, 4) is 17.2 Å². The van der Waals surface area contributed by atoms with Crippen LogP contribution in [-0.4, -0.2) is 9.55 Å². The molecule has 2 aromatic heterocycles. The van der Waals surface area contributed by atoms with E-state index in [0.29, 0.717) is 5.52 Å². The lowest BCUT2D eigenvalue weighted by Crippen LogP contribution is -2.16. The van der Waals surface area contributed by atoms with Gasteiger partial charge in [-0.1, -0.05) is 6.07 Å². The van der Waals surface area contributed by atoms with Crippen molar-refractivity contribution in [1.29, 1.82) is 5.26 Å². The summed E-state index contributed by atoms with van der Waals surface area (Å²) in [5, 5.41) is 13.2. The van der Waals surface area contributed by atoms with E-state index in [0.717, 1.165) is 33.5 Å². The first kappa shape index (κ1) is 17.6. The molecule has 0 saturated carbocycles. The summed E-state index contributed by atoms with van der Waals surface area (Å²) in [5.41, 5.74) is 4.56. The lowest BCUT2D eigenvalue weighted by Gasteiger charge is -2.15. The van der Waals surface area contributed by atoms with E-state index in [2.05, 4.69) is 16.4 Å². The van der Waals surface area contributed by atoms with Crippen LogP contribution in [0.1, 0.15) is 5.56 Å². The van der Waals surface area contributed by atoms with Crippen molar-refractivity contribution in [2.75, 3.05) is 5.32 Å². The van der Waals surface area contributed by atoms with E-state index in [-0.39, 0.29) is 17.8 Å². The first-order valence-corrected chi connectivity index (χ1v) is 8.76. The fourth-order valence-electron chi connectivity index (χ4n) is 3.30. The van der Waals surface area contributed by atoms with E-state index in [1.165, 1.54) is 16.7 Å². The van der Waals surface area contributed by atoms with Crippen molar-refractivity contribution in [1.82, 2.24) is 9.55 Å². The molecule has 6 heteroatoms.